The summed E-state index contributed by atoms with van der Waals surface area (Å²) < 4.78 is 8.97. The highest BCUT2D eigenvalue weighted by Gasteiger charge is 2.19. The number of nitrogens with zero attached hydrogens (tertiary/aromatic N) is 1. The van der Waals surface area contributed by atoms with Gasteiger partial charge in [-0.15, -0.1) is 11.3 Å². The molecule has 230 valence electrons. The van der Waals surface area contributed by atoms with E-state index < -0.39 is 0 Å². The van der Waals surface area contributed by atoms with Gasteiger partial charge in [0.1, 0.15) is 11.2 Å². The van der Waals surface area contributed by atoms with Crippen LogP contribution in [0.2, 0.25) is 0 Å². The number of hydrogen-bond acceptors (Lipinski definition) is 3. The van der Waals surface area contributed by atoms with Crippen LogP contribution in [-0.4, -0.2) is 0 Å². The molecule has 2 nitrogen and oxygen atoms in total. The predicted molar refractivity (Wildman–Crippen MR) is 210 cm³/mol. The third kappa shape index (κ3) is 4.70. The number of hydrogen-bond donors (Lipinski definition) is 0. The van der Waals surface area contributed by atoms with Crippen LogP contribution in [0.15, 0.2) is 180 Å². The zero-order valence-electron chi connectivity index (χ0n) is 26.5. The SMILES string of the molecule is c1ccc(-c2ccc(N(c3ccc(-c4ccc5sc6cc7ccccc7cc6c5c4)cc3)c3cccc4oc5ccccc5c34)cc2)cc1. The molecule has 0 saturated carbocycles. The maximum Gasteiger partial charge on any atom is 0.137 e. The second kappa shape index (κ2) is 11.2. The lowest BCUT2D eigenvalue weighted by Crippen LogP contribution is -2.10. The summed E-state index contributed by atoms with van der Waals surface area (Å²) in [7, 11) is 0. The molecule has 10 aromatic rings. The minimum atomic E-state index is 0.880. The molecular formula is C46H29NOS. The van der Waals surface area contributed by atoms with Gasteiger partial charge in [-0.2, -0.15) is 0 Å². The molecule has 0 amide bonds. The van der Waals surface area contributed by atoms with Crippen LogP contribution in [0.4, 0.5) is 17.1 Å². The Morgan fingerprint density at radius 3 is 1.76 bits per heavy atom. The van der Waals surface area contributed by atoms with Gasteiger partial charge in [0.2, 0.25) is 0 Å². The number of fused-ring (bicyclic) bond motifs is 7. The van der Waals surface area contributed by atoms with Gasteiger partial charge >= 0.3 is 0 Å². The maximum atomic E-state index is 6.33. The van der Waals surface area contributed by atoms with Crippen molar-refractivity contribution in [3.05, 3.63) is 176 Å². The van der Waals surface area contributed by atoms with E-state index >= 15 is 0 Å². The van der Waals surface area contributed by atoms with Crippen molar-refractivity contribution < 1.29 is 4.42 Å². The van der Waals surface area contributed by atoms with E-state index in [1.165, 1.54) is 53.2 Å². The van der Waals surface area contributed by atoms with Crippen molar-refractivity contribution in [1.29, 1.82) is 0 Å². The molecule has 0 atom stereocenters. The summed E-state index contributed by atoms with van der Waals surface area (Å²) in [4.78, 5) is 2.35. The Morgan fingerprint density at radius 2 is 0.980 bits per heavy atom. The number of anilines is 3. The molecule has 2 aromatic heterocycles. The van der Waals surface area contributed by atoms with Gasteiger partial charge in [-0.1, -0.05) is 109 Å². The average Bonchev–Trinajstić information content (AvgIpc) is 3.73. The number of rotatable bonds is 5. The number of benzene rings is 8. The van der Waals surface area contributed by atoms with Gasteiger partial charge in [-0.3, -0.25) is 0 Å². The highest BCUT2D eigenvalue weighted by molar-refractivity contribution is 7.25. The fourth-order valence-electron chi connectivity index (χ4n) is 7.25. The summed E-state index contributed by atoms with van der Waals surface area (Å²) in [5.74, 6) is 0. The molecule has 2 heterocycles. The number of furan rings is 1. The Bertz CT molecular complexity index is 2810. The van der Waals surface area contributed by atoms with E-state index in [0.717, 1.165) is 39.0 Å². The normalized spacial score (nSPS) is 11.7. The first kappa shape index (κ1) is 27.9. The first-order valence-electron chi connectivity index (χ1n) is 16.6. The topological polar surface area (TPSA) is 16.4 Å². The zero-order valence-corrected chi connectivity index (χ0v) is 27.3. The van der Waals surface area contributed by atoms with Crippen molar-refractivity contribution in [3.63, 3.8) is 0 Å². The van der Waals surface area contributed by atoms with E-state index in [0.29, 0.717) is 0 Å². The zero-order chi connectivity index (χ0) is 32.3. The van der Waals surface area contributed by atoms with Gasteiger partial charge in [0.15, 0.2) is 0 Å². The van der Waals surface area contributed by atoms with Crippen LogP contribution < -0.4 is 4.90 Å². The molecule has 8 aromatic carbocycles. The molecule has 0 spiro atoms. The fraction of sp³-hybridized carbons (Fsp3) is 0. The Labute approximate surface area is 287 Å². The third-order valence-corrected chi connectivity index (χ3v) is 10.8. The molecule has 0 unspecified atom stereocenters. The van der Waals surface area contributed by atoms with Crippen LogP contribution in [0.5, 0.6) is 0 Å². The van der Waals surface area contributed by atoms with E-state index in [1.807, 2.05) is 23.5 Å². The van der Waals surface area contributed by atoms with E-state index in [4.69, 9.17) is 4.42 Å². The Morgan fingerprint density at radius 1 is 0.388 bits per heavy atom. The quantitative estimate of drug-likeness (QED) is 0.186. The summed E-state index contributed by atoms with van der Waals surface area (Å²) in [6.07, 6.45) is 0. The Kier molecular flexibility index (Phi) is 6.39. The van der Waals surface area contributed by atoms with Crippen molar-refractivity contribution in [2.24, 2.45) is 0 Å². The van der Waals surface area contributed by atoms with Crippen molar-refractivity contribution in [1.82, 2.24) is 0 Å². The van der Waals surface area contributed by atoms with E-state index in [2.05, 4.69) is 169 Å². The first-order chi connectivity index (χ1) is 24.3. The Hall–Kier alpha value is -6.16. The highest BCUT2D eigenvalue weighted by Crippen LogP contribution is 2.44. The van der Waals surface area contributed by atoms with Crippen LogP contribution in [-0.2, 0) is 0 Å². The molecule has 3 heteroatoms. The lowest BCUT2D eigenvalue weighted by atomic mass is 10.0. The molecule has 0 bridgehead atoms. The van der Waals surface area contributed by atoms with Gasteiger partial charge in [-0.05, 0) is 99.8 Å². The summed E-state index contributed by atoms with van der Waals surface area (Å²) in [6.45, 7) is 0. The van der Waals surface area contributed by atoms with Crippen molar-refractivity contribution in [2.45, 2.75) is 0 Å². The molecule has 0 aliphatic carbocycles. The summed E-state index contributed by atoms with van der Waals surface area (Å²) >= 11 is 1.87. The molecule has 0 radical (unpaired) electrons. The standard InChI is InChI=1S/C46H29NOS/c1-2-9-30(10-3-1)31-17-22-36(23-18-31)47(41-14-8-16-43-46(41)38-13-6-7-15-42(38)48-43)37-24-19-32(20-25-37)35-21-26-44-39(28-35)40-27-33-11-4-5-12-34(33)29-45(40)49-44/h1-29H. The van der Waals surface area contributed by atoms with Gasteiger partial charge in [0.05, 0.1) is 11.1 Å². The molecule has 0 N–H and O–H groups in total. The molecule has 49 heavy (non-hydrogen) atoms. The molecule has 0 aliphatic rings. The predicted octanol–water partition coefficient (Wildman–Crippen LogP) is 13.9. The maximum absolute atomic E-state index is 6.33. The van der Waals surface area contributed by atoms with Crippen LogP contribution >= 0.6 is 11.3 Å². The van der Waals surface area contributed by atoms with Gasteiger partial charge < -0.3 is 9.32 Å². The minimum Gasteiger partial charge on any atom is -0.456 e. The molecular weight excluding hydrogens is 615 g/mol. The number of thiophene rings is 1. The van der Waals surface area contributed by atoms with Crippen LogP contribution in [0.25, 0.3) is 75.1 Å². The van der Waals surface area contributed by atoms with E-state index in [1.54, 1.807) is 0 Å². The monoisotopic (exact) mass is 643 g/mol. The lowest BCUT2D eigenvalue weighted by Gasteiger charge is -2.26. The third-order valence-electron chi connectivity index (χ3n) is 9.65. The van der Waals surface area contributed by atoms with Crippen molar-refractivity contribution in [3.8, 4) is 22.3 Å². The fourth-order valence-corrected chi connectivity index (χ4v) is 8.36. The number of para-hydroxylation sites is 1. The second-order valence-electron chi connectivity index (χ2n) is 12.6. The smallest absolute Gasteiger partial charge is 0.137 e. The molecule has 0 aliphatic heterocycles. The first-order valence-corrected chi connectivity index (χ1v) is 17.4. The molecule has 0 fully saturated rings. The van der Waals surface area contributed by atoms with Crippen LogP contribution in [0.3, 0.4) is 0 Å². The van der Waals surface area contributed by atoms with Gasteiger partial charge in [0, 0.05) is 36.9 Å². The van der Waals surface area contributed by atoms with Crippen molar-refractivity contribution >= 4 is 81.3 Å². The largest absolute Gasteiger partial charge is 0.456 e. The summed E-state index contributed by atoms with van der Waals surface area (Å²) in [5, 5.41) is 7.42. The van der Waals surface area contributed by atoms with Gasteiger partial charge in [0.25, 0.3) is 0 Å². The Balaban J connectivity index is 1.10. The van der Waals surface area contributed by atoms with Crippen molar-refractivity contribution in [2.75, 3.05) is 4.90 Å². The summed E-state index contributed by atoms with van der Waals surface area (Å²) in [5.41, 5.74) is 9.83. The van der Waals surface area contributed by atoms with E-state index in [9.17, 15) is 0 Å². The minimum absolute atomic E-state index is 0.880. The second-order valence-corrected chi connectivity index (χ2v) is 13.6. The van der Waals surface area contributed by atoms with E-state index in [-0.39, 0.29) is 0 Å². The average molecular weight is 644 g/mol. The lowest BCUT2D eigenvalue weighted by molar-refractivity contribution is 0.669. The highest BCUT2D eigenvalue weighted by atomic mass is 32.1. The molecule has 0 saturated heterocycles. The molecule has 10 rings (SSSR count). The van der Waals surface area contributed by atoms with Crippen LogP contribution in [0.1, 0.15) is 0 Å². The van der Waals surface area contributed by atoms with Crippen LogP contribution in [0, 0.1) is 0 Å². The summed E-state index contributed by atoms with van der Waals surface area (Å²) in [6, 6.07) is 63.2. The van der Waals surface area contributed by atoms with Gasteiger partial charge in [-0.25, -0.2) is 0 Å².